The van der Waals surface area contributed by atoms with Gasteiger partial charge in [0.1, 0.15) is 11.5 Å². The second-order valence-corrected chi connectivity index (χ2v) is 21.8. The first-order valence-corrected chi connectivity index (χ1v) is 25.3. The first kappa shape index (κ1) is 46.2. The van der Waals surface area contributed by atoms with Crippen molar-refractivity contribution >= 4 is 17.1 Å². The van der Waals surface area contributed by atoms with E-state index in [2.05, 4.69) is 256 Å². The standard InChI is InChI=1S/C62H75N5/c1-60(2,3)47-41-55(64(49-27-14-8-15-28-49)50-29-16-9-17-30-50)45-57(43-47)66(53-35-22-12-23-36-53)59-39-26-40-62(7,63-59)67(54-37-24-13-25-38-54)58-44-48(61(4,5)6)42-56(46-58)65(51-31-18-10-19-32-51)52-33-20-11-21-34-52/h8-20,22,24-29,31,33,35,37,39-41,43,45-46,48,50-51,54,56,63H,21,23,30,32,34,36,38,42,44H2,1-7H3. The molecule has 0 saturated heterocycles. The van der Waals surface area contributed by atoms with Crippen molar-refractivity contribution in [3.05, 3.63) is 211 Å². The number of nitrogens with zero attached hydrogens (tertiary/aromatic N) is 4. The van der Waals surface area contributed by atoms with Crippen molar-refractivity contribution in [1.29, 1.82) is 0 Å². The van der Waals surface area contributed by atoms with Crippen molar-refractivity contribution in [2.24, 2.45) is 11.3 Å². The summed E-state index contributed by atoms with van der Waals surface area (Å²) in [5.74, 6) is 1.59. The van der Waals surface area contributed by atoms with Gasteiger partial charge in [-0.15, -0.1) is 0 Å². The van der Waals surface area contributed by atoms with Gasteiger partial charge in [0.15, 0.2) is 0 Å². The molecule has 2 aromatic carbocycles. The van der Waals surface area contributed by atoms with Crippen molar-refractivity contribution in [1.82, 2.24) is 15.1 Å². The molecule has 6 aliphatic carbocycles. The van der Waals surface area contributed by atoms with Gasteiger partial charge in [0, 0.05) is 40.2 Å². The largest absolute Gasteiger partial charge is 0.362 e. The molecule has 6 atom stereocenters. The molecule has 67 heavy (non-hydrogen) atoms. The number of allylic oxidation sites excluding steroid dienone is 17. The number of hydrogen-bond acceptors (Lipinski definition) is 5. The summed E-state index contributed by atoms with van der Waals surface area (Å²) >= 11 is 0. The van der Waals surface area contributed by atoms with Crippen molar-refractivity contribution in [2.75, 3.05) is 9.80 Å². The van der Waals surface area contributed by atoms with Gasteiger partial charge in [0.25, 0.3) is 0 Å². The van der Waals surface area contributed by atoms with Gasteiger partial charge >= 0.3 is 0 Å². The lowest BCUT2D eigenvalue weighted by Crippen LogP contribution is -2.61. The van der Waals surface area contributed by atoms with Gasteiger partial charge < -0.3 is 24.9 Å². The van der Waals surface area contributed by atoms with E-state index in [-0.39, 0.29) is 29.0 Å². The van der Waals surface area contributed by atoms with Crippen LogP contribution in [0.4, 0.5) is 17.1 Å². The summed E-state index contributed by atoms with van der Waals surface area (Å²) in [5.41, 5.74) is 8.58. The first-order valence-electron chi connectivity index (χ1n) is 25.3. The van der Waals surface area contributed by atoms with Gasteiger partial charge in [0.05, 0.1) is 18.1 Å². The molecule has 0 fully saturated rings. The molecule has 1 heterocycles. The van der Waals surface area contributed by atoms with Crippen LogP contribution in [-0.2, 0) is 5.41 Å². The minimum absolute atomic E-state index is 0.0858. The molecule has 0 bridgehead atoms. The molecule has 0 radical (unpaired) electrons. The van der Waals surface area contributed by atoms with Crippen LogP contribution in [0.3, 0.4) is 0 Å². The molecule has 1 N–H and O–H groups in total. The van der Waals surface area contributed by atoms with Crippen molar-refractivity contribution < 1.29 is 0 Å². The smallest absolute Gasteiger partial charge is 0.128 e. The van der Waals surface area contributed by atoms with E-state index in [9.17, 15) is 0 Å². The number of nitrogens with one attached hydrogen (secondary N) is 1. The van der Waals surface area contributed by atoms with Crippen molar-refractivity contribution in [3.63, 3.8) is 0 Å². The Kier molecular flexibility index (Phi) is 13.6. The molecular formula is C62H75N5. The van der Waals surface area contributed by atoms with Gasteiger partial charge in [-0.1, -0.05) is 163 Å². The van der Waals surface area contributed by atoms with Crippen LogP contribution in [0.25, 0.3) is 0 Å². The van der Waals surface area contributed by atoms with Gasteiger partial charge in [-0.3, -0.25) is 0 Å². The maximum Gasteiger partial charge on any atom is 0.128 e. The third-order valence-electron chi connectivity index (χ3n) is 14.9. The maximum atomic E-state index is 4.32. The summed E-state index contributed by atoms with van der Waals surface area (Å²) in [5, 5.41) is 4.32. The van der Waals surface area contributed by atoms with Crippen molar-refractivity contribution in [3.8, 4) is 0 Å². The summed E-state index contributed by atoms with van der Waals surface area (Å²) in [6, 6.07) is 19.3. The predicted octanol–water partition coefficient (Wildman–Crippen LogP) is 15.1. The molecule has 0 saturated carbocycles. The third kappa shape index (κ3) is 10.3. The van der Waals surface area contributed by atoms with Crippen LogP contribution < -0.4 is 15.1 Å². The Morgan fingerprint density at radius 1 is 0.582 bits per heavy atom. The fraction of sp³-hybridized carbons (Fsp3) is 0.387. The molecule has 1 aliphatic heterocycles. The summed E-state index contributed by atoms with van der Waals surface area (Å²) in [4.78, 5) is 10.7. The van der Waals surface area contributed by atoms with E-state index in [0.717, 1.165) is 63.6 Å². The molecular weight excluding hydrogens is 815 g/mol. The molecule has 7 aliphatic rings. The van der Waals surface area contributed by atoms with E-state index in [1.807, 2.05) is 0 Å². The molecule has 0 spiro atoms. The lowest BCUT2D eigenvalue weighted by atomic mass is 9.71. The maximum absolute atomic E-state index is 4.32. The van der Waals surface area contributed by atoms with Crippen molar-refractivity contribution in [2.45, 2.75) is 141 Å². The monoisotopic (exact) mass is 890 g/mol. The fourth-order valence-corrected chi connectivity index (χ4v) is 11.2. The predicted molar refractivity (Wildman–Crippen MR) is 286 cm³/mol. The third-order valence-corrected chi connectivity index (χ3v) is 14.9. The second-order valence-electron chi connectivity index (χ2n) is 21.8. The molecule has 9 rings (SSSR count). The highest BCUT2D eigenvalue weighted by Gasteiger charge is 2.43. The number of hydrogen-bond donors (Lipinski definition) is 1. The molecule has 2 aromatic rings. The van der Waals surface area contributed by atoms with E-state index in [1.165, 1.54) is 39.7 Å². The fourth-order valence-electron chi connectivity index (χ4n) is 11.2. The van der Waals surface area contributed by atoms with Crippen LogP contribution in [0.5, 0.6) is 0 Å². The Balaban J connectivity index is 1.16. The Labute approximate surface area is 403 Å². The summed E-state index contributed by atoms with van der Waals surface area (Å²) in [6.45, 7) is 16.9. The summed E-state index contributed by atoms with van der Waals surface area (Å²) in [6.07, 6.45) is 60.5. The SMILES string of the molecule is CC(C)(C)c1cc(N(C2=CC=CCC2)C2=CC=CC(C)(N(C3=CC(N(C4=CC=CCC4)C4C=CC=CC4)CC(C(C)(C)C)C3)C3C=CC=CC3)N2)cc(N(c2ccccc2)C2C=CC=CC2)c1. The highest BCUT2D eigenvalue weighted by molar-refractivity contribution is 5.74. The molecule has 348 valence electrons. The number of para-hydroxylation sites is 1. The summed E-state index contributed by atoms with van der Waals surface area (Å²) < 4.78 is 0. The Bertz CT molecular complexity index is 2520. The van der Waals surface area contributed by atoms with E-state index in [1.54, 1.807) is 0 Å². The minimum atomic E-state index is -0.547. The zero-order valence-corrected chi connectivity index (χ0v) is 41.4. The number of rotatable bonds is 12. The van der Waals surface area contributed by atoms with E-state index in [4.69, 9.17) is 0 Å². The molecule has 0 amide bonds. The normalized spacial score (nSPS) is 26.6. The van der Waals surface area contributed by atoms with Crippen LogP contribution in [0.1, 0.15) is 112 Å². The van der Waals surface area contributed by atoms with Gasteiger partial charge in [-0.25, -0.2) is 0 Å². The Morgan fingerprint density at radius 3 is 1.81 bits per heavy atom. The molecule has 5 nitrogen and oxygen atoms in total. The Morgan fingerprint density at radius 2 is 1.21 bits per heavy atom. The molecule has 0 aromatic heterocycles. The minimum Gasteiger partial charge on any atom is -0.362 e. The summed E-state index contributed by atoms with van der Waals surface area (Å²) in [7, 11) is 0. The van der Waals surface area contributed by atoms with Crippen LogP contribution in [0.2, 0.25) is 0 Å². The number of anilines is 3. The second kappa shape index (κ2) is 19.7. The quantitative estimate of drug-likeness (QED) is 0.229. The average Bonchev–Trinajstić information content (AvgIpc) is 3.33. The van der Waals surface area contributed by atoms with E-state index < -0.39 is 5.66 Å². The van der Waals surface area contributed by atoms with Crippen LogP contribution in [0.15, 0.2) is 205 Å². The highest BCUT2D eigenvalue weighted by atomic mass is 15.4. The Hall–Kier alpha value is -5.94. The number of dihydropyridines is 1. The molecule has 6 unspecified atom stereocenters. The van der Waals surface area contributed by atoms with E-state index in [0.29, 0.717) is 12.0 Å². The van der Waals surface area contributed by atoms with Crippen LogP contribution in [-0.4, -0.2) is 39.6 Å². The lowest BCUT2D eigenvalue weighted by molar-refractivity contribution is 0.0864. The average molecular weight is 890 g/mol. The zero-order valence-electron chi connectivity index (χ0n) is 41.4. The van der Waals surface area contributed by atoms with Crippen LogP contribution in [0, 0.1) is 11.3 Å². The first-order chi connectivity index (χ1) is 32.4. The van der Waals surface area contributed by atoms with Gasteiger partial charge in [-0.2, -0.15) is 0 Å². The van der Waals surface area contributed by atoms with E-state index >= 15 is 0 Å². The number of benzene rings is 2. The van der Waals surface area contributed by atoms with Gasteiger partial charge in [-0.05, 0) is 148 Å². The topological polar surface area (TPSA) is 25.0 Å². The van der Waals surface area contributed by atoms with Gasteiger partial charge in [0.2, 0.25) is 0 Å². The zero-order chi connectivity index (χ0) is 46.6. The lowest BCUT2D eigenvalue weighted by Gasteiger charge is -2.53. The molecule has 5 heteroatoms. The highest BCUT2D eigenvalue weighted by Crippen LogP contribution is 2.46. The van der Waals surface area contributed by atoms with Crippen LogP contribution >= 0.6 is 0 Å².